The maximum atomic E-state index is 12.3. The van der Waals surface area contributed by atoms with Crippen LogP contribution in [0.2, 0.25) is 0 Å². The van der Waals surface area contributed by atoms with Gasteiger partial charge in [-0.1, -0.05) is 0 Å². The minimum atomic E-state index is 0.310. The number of pyridine rings is 1. The lowest BCUT2D eigenvalue weighted by atomic mass is 9.96. The first-order valence-corrected chi connectivity index (χ1v) is 8.50. The van der Waals surface area contributed by atoms with E-state index >= 15 is 0 Å². The summed E-state index contributed by atoms with van der Waals surface area (Å²) in [6.45, 7) is 2.55. The van der Waals surface area contributed by atoms with Gasteiger partial charge in [-0.25, -0.2) is 4.98 Å². The molecule has 120 valence electrons. The highest BCUT2D eigenvalue weighted by atomic mass is 16.2. The summed E-state index contributed by atoms with van der Waals surface area (Å²) in [6.07, 6.45) is 11.9. The van der Waals surface area contributed by atoms with Crippen LogP contribution in [0.25, 0.3) is 0 Å². The fourth-order valence-electron chi connectivity index (χ4n) is 3.48. The van der Waals surface area contributed by atoms with Gasteiger partial charge in [-0.2, -0.15) is 0 Å². The Kier molecular flexibility index (Phi) is 3.85. The topological polar surface area (TPSA) is 51.0 Å². The Labute approximate surface area is 136 Å². The zero-order chi connectivity index (χ0) is 15.6. The van der Waals surface area contributed by atoms with E-state index < -0.39 is 0 Å². The van der Waals surface area contributed by atoms with Crippen molar-refractivity contribution in [2.45, 2.75) is 38.1 Å². The van der Waals surface area contributed by atoms with Gasteiger partial charge in [-0.3, -0.25) is 9.78 Å². The summed E-state index contributed by atoms with van der Waals surface area (Å²) < 4.78 is 2.21. The number of piperidine rings is 1. The third-order valence-electron chi connectivity index (χ3n) is 4.87. The van der Waals surface area contributed by atoms with E-state index in [-0.39, 0.29) is 0 Å². The van der Waals surface area contributed by atoms with E-state index in [0.717, 1.165) is 51.1 Å². The van der Waals surface area contributed by atoms with Gasteiger partial charge in [0.1, 0.15) is 5.82 Å². The van der Waals surface area contributed by atoms with E-state index in [9.17, 15) is 4.79 Å². The van der Waals surface area contributed by atoms with Crippen LogP contribution in [0.3, 0.4) is 0 Å². The fourth-order valence-corrected chi connectivity index (χ4v) is 3.48. The number of aromatic nitrogens is 3. The SMILES string of the molecule is O=C(C1CC1)N1CCC[C@H](c2nccn2Cc2ccncc2)C1. The average molecular weight is 310 g/mol. The molecule has 1 aliphatic heterocycles. The van der Waals surface area contributed by atoms with Crippen LogP contribution in [0.15, 0.2) is 36.9 Å². The molecule has 23 heavy (non-hydrogen) atoms. The Balaban J connectivity index is 1.49. The fraction of sp³-hybridized carbons (Fsp3) is 0.500. The predicted octanol–water partition coefficient (Wildman–Crippen LogP) is 2.44. The van der Waals surface area contributed by atoms with Gasteiger partial charge in [0.05, 0.1) is 0 Å². The molecule has 0 unspecified atom stereocenters. The maximum absolute atomic E-state index is 12.3. The highest BCUT2D eigenvalue weighted by molar-refractivity contribution is 5.81. The van der Waals surface area contributed by atoms with Gasteiger partial charge in [0.2, 0.25) is 5.91 Å². The lowest BCUT2D eigenvalue weighted by Crippen LogP contribution is -2.40. The molecule has 5 nitrogen and oxygen atoms in total. The first-order valence-electron chi connectivity index (χ1n) is 8.50. The van der Waals surface area contributed by atoms with Crippen LogP contribution >= 0.6 is 0 Å². The molecule has 0 bridgehead atoms. The van der Waals surface area contributed by atoms with E-state index in [4.69, 9.17) is 0 Å². The molecule has 0 spiro atoms. The second kappa shape index (κ2) is 6.14. The highest BCUT2D eigenvalue weighted by Crippen LogP contribution is 2.34. The van der Waals surface area contributed by atoms with Crippen molar-refractivity contribution >= 4 is 5.91 Å². The zero-order valence-electron chi connectivity index (χ0n) is 13.3. The molecule has 5 heteroatoms. The molecule has 2 aromatic rings. The number of amides is 1. The standard InChI is InChI=1S/C18H22N4O/c23-18(15-3-4-15)22-10-1-2-16(13-22)17-20-9-11-21(17)12-14-5-7-19-8-6-14/h5-9,11,15-16H,1-4,10,12-13H2/t16-/m0/s1. The molecule has 2 fully saturated rings. The molecule has 2 aromatic heterocycles. The van der Waals surface area contributed by atoms with Gasteiger partial charge < -0.3 is 9.47 Å². The van der Waals surface area contributed by atoms with Crippen molar-refractivity contribution in [2.24, 2.45) is 5.92 Å². The molecule has 2 aliphatic rings. The Morgan fingerprint density at radius 2 is 2.00 bits per heavy atom. The van der Waals surface area contributed by atoms with Crippen molar-refractivity contribution in [2.75, 3.05) is 13.1 Å². The molecule has 4 rings (SSSR count). The number of carbonyl (C=O) groups is 1. The summed E-state index contributed by atoms with van der Waals surface area (Å²) >= 11 is 0. The number of nitrogens with zero attached hydrogens (tertiary/aromatic N) is 4. The monoisotopic (exact) mass is 310 g/mol. The minimum Gasteiger partial charge on any atom is -0.342 e. The minimum absolute atomic E-state index is 0.310. The summed E-state index contributed by atoms with van der Waals surface area (Å²) in [7, 11) is 0. The van der Waals surface area contributed by atoms with Crippen LogP contribution in [0.1, 0.15) is 43.0 Å². The first-order chi connectivity index (χ1) is 11.3. The highest BCUT2D eigenvalue weighted by Gasteiger charge is 2.36. The molecule has 0 N–H and O–H groups in total. The molecule has 1 atom stereocenters. The van der Waals surface area contributed by atoms with E-state index in [2.05, 4.69) is 19.4 Å². The van der Waals surface area contributed by atoms with Crippen molar-refractivity contribution in [1.82, 2.24) is 19.4 Å². The first kappa shape index (κ1) is 14.4. The lowest BCUT2D eigenvalue weighted by Gasteiger charge is -2.33. The summed E-state index contributed by atoms with van der Waals surface area (Å²) in [5, 5.41) is 0. The number of rotatable bonds is 4. The van der Waals surface area contributed by atoms with Crippen LogP contribution in [-0.4, -0.2) is 38.4 Å². The number of hydrogen-bond donors (Lipinski definition) is 0. The Hall–Kier alpha value is -2.17. The van der Waals surface area contributed by atoms with Crippen LogP contribution in [-0.2, 0) is 11.3 Å². The molecule has 1 saturated heterocycles. The van der Waals surface area contributed by atoms with Crippen molar-refractivity contribution in [3.05, 3.63) is 48.3 Å². The van der Waals surface area contributed by atoms with Gasteiger partial charge in [0.25, 0.3) is 0 Å². The van der Waals surface area contributed by atoms with Gasteiger partial charge >= 0.3 is 0 Å². The molecule has 0 aromatic carbocycles. The molecule has 1 aliphatic carbocycles. The quantitative estimate of drug-likeness (QED) is 0.871. The van der Waals surface area contributed by atoms with E-state index in [1.807, 2.05) is 36.9 Å². The van der Waals surface area contributed by atoms with E-state index in [0.29, 0.717) is 17.7 Å². The Bertz CT molecular complexity index is 677. The molecular weight excluding hydrogens is 288 g/mol. The molecular formula is C18H22N4O. The van der Waals surface area contributed by atoms with Crippen molar-refractivity contribution in [3.8, 4) is 0 Å². The molecule has 0 radical (unpaired) electrons. The van der Waals surface area contributed by atoms with Crippen LogP contribution in [0.5, 0.6) is 0 Å². The smallest absolute Gasteiger partial charge is 0.225 e. The third-order valence-corrected chi connectivity index (χ3v) is 4.87. The van der Waals surface area contributed by atoms with Gasteiger partial charge in [0.15, 0.2) is 0 Å². The number of carbonyl (C=O) groups excluding carboxylic acids is 1. The summed E-state index contributed by atoms with van der Waals surface area (Å²) in [6, 6.07) is 4.07. The van der Waals surface area contributed by atoms with Gasteiger partial charge in [-0.15, -0.1) is 0 Å². The number of hydrogen-bond acceptors (Lipinski definition) is 3. The second-order valence-electron chi connectivity index (χ2n) is 6.67. The van der Waals surface area contributed by atoms with Gasteiger partial charge in [-0.05, 0) is 43.4 Å². The summed E-state index contributed by atoms with van der Waals surface area (Å²) in [5.74, 6) is 2.13. The predicted molar refractivity (Wildman–Crippen MR) is 86.8 cm³/mol. The van der Waals surface area contributed by atoms with Crippen molar-refractivity contribution in [3.63, 3.8) is 0 Å². The van der Waals surface area contributed by atoms with Crippen LogP contribution < -0.4 is 0 Å². The molecule has 3 heterocycles. The van der Waals surface area contributed by atoms with Crippen LogP contribution in [0, 0.1) is 5.92 Å². The number of likely N-dealkylation sites (tertiary alicyclic amines) is 1. The number of imidazole rings is 1. The van der Waals surface area contributed by atoms with E-state index in [1.165, 1.54) is 5.56 Å². The lowest BCUT2D eigenvalue weighted by molar-refractivity contribution is -0.133. The average Bonchev–Trinajstić information content (AvgIpc) is 3.35. The zero-order valence-corrected chi connectivity index (χ0v) is 13.3. The van der Waals surface area contributed by atoms with Crippen molar-refractivity contribution < 1.29 is 4.79 Å². The third kappa shape index (κ3) is 3.14. The Morgan fingerprint density at radius 1 is 1.17 bits per heavy atom. The van der Waals surface area contributed by atoms with Crippen LogP contribution in [0.4, 0.5) is 0 Å². The second-order valence-corrected chi connectivity index (χ2v) is 6.67. The van der Waals surface area contributed by atoms with E-state index in [1.54, 1.807) is 0 Å². The summed E-state index contributed by atoms with van der Waals surface area (Å²) in [5.41, 5.74) is 1.22. The molecule has 1 saturated carbocycles. The normalized spacial score (nSPS) is 21.4. The van der Waals surface area contributed by atoms with Crippen molar-refractivity contribution in [1.29, 1.82) is 0 Å². The largest absolute Gasteiger partial charge is 0.342 e. The summed E-state index contributed by atoms with van der Waals surface area (Å²) in [4.78, 5) is 23.1. The maximum Gasteiger partial charge on any atom is 0.225 e. The molecule has 1 amide bonds. The van der Waals surface area contributed by atoms with Gasteiger partial charge in [0, 0.05) is 56.3 Å². The Morgan fingerprint density at radius 3 is 2.78 bits per heavy atom.